The van der Waals surface area contributed by atoms with Gasteiger partial charge in [-0.25, -0.2) is 4.98 Å². The molecule has 23 heavy (non-hydrogen) atoms. The number of aliphatic hydroxyl groups excluding tert-OH is 1. The Labute approximate surface area is 138 Å². The lowest BCUT2D eigenvalue weighted by Crippen LogP contribution is -2.11. The van der Waals surface area contributed by atoms with Gasteiger partial charge in [0.1, 0.15) is 5.82 Å². The van der Waals surface area contributed by atoms with Crippen LogP contribution >= 0.6 is 11.3 Å². The van der Waals surface area contributed by atoms with E-state index in [-0.39, 0.29) is 6.61 Å². The zero-order chi connectivity index (χ0) is 15.9. The van der Waals surface area contributed by atoms with Crippen molar-refractivity contribution in [3.63, 3.8) is 0 Å². The first kappa shape index (κ1) is 15.4. The number of aromatic nitrogens is 3. The number of rotatable bonds is 7. The van der Waals surface area contributed by atoms with E-state index in [1.807, 2.05) is 29.6 Å². The van der Waals surface area contributed by atoms with Crippen LogP contribution in [-0.4, -0.2) is 33.2 Å². The molecule has 0 saturated heterocycles. The van der Waals surface area contributed by atoms with E-state index >= 15 is 0 Å². The summed E-state index contributed by atoms with van der Waals surface area (Å²) < 4.78 is 0. The van der Waals surface area contributed by atoms with Crippen LogP contribution in [0.15, 0.2) is 48.1 Å². The van der Waals surface area contributed by atoms with Gasteiger partial charge in [0.2, 0.25) is 5.95 Å². The number of nitrogens with zero attached hydrogens (tertiary/aromatic N) is 3. The van der Waals surface area contributed by atoms with Gasteiger partial charge in [-0.3, -0.25) is 4.98 Å². The predicted octanol–water partition coefficient (Wildman–Crippen LogP) is 2.62. The maximum absolute atomic E-state index is 8.97. The summed E-state index contributed by atoms with van der Waals surface area (Å²) in [6.45, 7) is 1.14. The van der Waals surface area contributed by atoms with E-state index in [9.17, 15) is 0 Å². The molecular weight excluding hydrogens is 310 g/mol. The summed E-state index contributed by atoms with van der Waals surface area (Å²) in [5.74, 6) is 1.21. The average molecular weight is 327 g/mol. The lowest BCUT2D eigenvalue weighted by Gasteiger charge is -2.10. The summed E-state index contributed by atoms with van der Waals surface area (Å²) in [4.78, 5) is 14.3. The van der Waals surface area contributed by atoms with Crippen molar-refractivity contribution in [1.29, 1.82) is 0 Å². The summed E-state index contributed by atoms with van der Waals surface area (Å²) in [5.41, 5.74) is 1.70. The second kappa shape index (κ2) is 7.66. The van der Waals surface area contributed by atoms with Gasteiger partial charge in [-0.05, 0) is 23.6 Å². The van der Waals surface area contributed by atoms with E-state index in [0.717, 1.165) is 17.1 Å². The molecule has 3 heterocycles. The first-order valence-electron chi connectivity index (χ1n) is 7.25. The van der Waals surface area contributed by atoms with Crippen molar-refractivity contribution >= 4 is 23.1 Å². The van der Waals surface area contributed by atoms with Gasteiger partial charge in [0.05, 0.1) is 18.8 Å². The molecule has 3 aromatic rings. The smallest absolute Gasteiger partial charge is 0.225 e. The Morgan fingerprint density at radius 1 is 1.13 bits per heavy atom. The molecule has 0 aliphatic carbocycles. The molecule has 0 atom stereocenters. The van der Waals surface area contributed by atoms with E-state index in [4.69, 9.17) is 5.11 Å². The Morgan fingerprint density at radius 2 is 2.09 bits per heavy atom. The molecule has 0 fully saturated rings. The largest absolute Gasteiger partial charge is 0.395 e. The van der Waals surface area contributed by atoms with Crippen LogP contribution in [0.25, 0.3) is 11.3 Å². The van der Waals surface area contributed by atoms with Gasteiger partial charge >= 0.3 is 0 Å². The Morgan fingerprint density at radius 3 is 2.83 bits per heavy atom. The zero-order valence-corrected chi connectivity index (χ0v) is 13.3. The number of nitrogens with one attached hydrogen (secondary N) is 2. The monoisotopic (exact) mass is 327 g/mol. The van der Waals surface area contributed by atoms with Crippen LogP contribution in [0.2, 0.25) is 0 Å². The second-order valence-electron chi connectivity index (χ2n) is 4.79. The van der Waals surface area contributed by atoms with Crippen LogP contribution in [0.3, 0.4) is 0 Å². The Balaban J connectivity index is 1.84. The number of aliphatic hydroxyl groups is 1. The van der Waals surface area contributed by atoms with Crippen LogP contribution in [0.1, 0.15) is 4.88 Å². The van der Waals surface area contributed by atoms with Crippen molar-refractivity contribution < 1.29 is 5.11 Å². The molecule has 0 unspecified atom stereocenters. The number of pyridine rings is 1. The minimum Gasteiger partial charge on any atom is -0.395 e. The lowest BCUT2D eigenvalue weighted by atomic mass is 10.2. The van der Waals surface area contributed by atoms with Crippen LogP contribution in [0, 0.1) is 0 Å². The first-order chi connectivity index (χ1) is 11.3. The first-order valence-corrected chi connectivity index (χ1v) is 8.13. The Bertz CT molecular complexity index is 733. The lowest BCUT2D eigenvalue weighted by molar-refractivity contribution is 0.311. The summed E-state index contributed by atoms with van der Waals surface area (Å²) in [7, 11) is 0. The highest BCUT2D eigenvalue weighted by molar-refractivity contribution is 7.09. The number of thiophene rings is 1. The molecule has 0 radical (unpaired) electrons. The Hall–Kier alpha value is -2.51. The second-order valence-corrected chi connectivity index (χ2v) is 5.82. The molecule has 0 saturated carbocycles. The van der Waals surface area contributed by atoms with Gasteiger partial charge in [0.15, 0.2) is 0 Å². The normalized spacial score (nSPS) is 10.5. The van der Waals surface area contributed by atoms with Crippen molar-refractivity contribution in [2.24, 2.45) is 0 Å². The van der Waals surface area contributed by atoms with Gasteiger partial charge < -0.3 is 15.7 Å². The topological polar surface area (TPSA) is 83.0 Å². The molecule has 3 N–H and O–H groups in total. The van der Waals surface area contributed by atoms with E-state index < -0.39 is 0 Å². The summed E-state index contributed by atoms with van der Waals surface area (Å²) in [6, 6.07) is 9.82. The molecule has 0 aromatic carbocycles. The highest BCUT2D eigenvalue weighted by atomic mass is 32.1. The third kappa shape index (κ3) is 4.24. The number of hydrogen-bond acceptors (Lipinski definition) is 7. The molecule has 0 aliphatic heterocycles. The molecular formula is C16H17N5OS. The van der Waals surface area contributed by atoms with E-state index in [0.29, 0.717) is 19.0 Å². The quantitative estimate of drug-likeness (QED) is 0.619. The third-order valence-electron chi connectivity index (χ3n) is 3.10. The molecule has 0 aliphatic rings. The van der Waals surface area contributed by atoms with Gasteiger partial charge in [-0.2, -0.15) is 4.98 Å². The summed E-state index contributed by atoms with van der Waals surface area (Å²) in [6.07, 6.45) is 3.49. The zero-order valence-electron chi connectivity index (χ0n) is 12.4. The number of hydrogen-bond donors (Lipinski definition) is 3. The highest BCUT2D eigenvalue weighted by Crippen LogP contribution is 2.21. The minimum absolute atomic E-state index is 0.0262. The fourth-order valence-electron chi connectivity index (χ4n) is 2.04. The fourth-order valence-corrected chi connectivity index (χ4v) is 2.68. The van der Waals surface area contributed by atoms with Crippen molar-refractivity contribution in [2.75, 3.05) is 23.8 Å². The molecule has 0 bridgehead atoms. The van der Waals surface area contributed by atoms with Gasteiger partial charge in [0.25, 0.3) is 0 Å². The van der Waals surface area contributed by atoms with E-state index in [1.54, 1.807) is 23.7 Å². The maximum Gasteiger partial charge on any atom is 0.225 e. The van der Waals surface area contributed by atoms with Crippen molar-refractivity contribution in [1.82, 2.24) is 15.0 Å². The standard InChI is InChI=1S/C16H17N5OS/c22-7-6-18-16-20-14(12-3-1-5-17-10-12)9-15(21-16)19-11-13-4-2-8-23-13/h1-5,8-10,22H,6-7,11H2,(H2,18,19,20,21). The predicted molar refractivity (Wildman–Crippen MR) is 92.5 cm³/mol. The Kier molecular flexibility index (Phi) is 5.13. The average Bonchev–Trinajstić information content (AvgIpc) is 3.12. The third-order valence-corrected chi connectivity index (χ3v) is 3.98. The summed E-state index contributed by atoms with van der Waals surface area (Å²) in [5, 5.41) is 17.3. The fraction of sp³-hybridized carbons (Fsp3) is 0.188. The van der Waals surface area contributed by atoms with Crippen molar-refractivity contribution in [3.05, 3.63) is 53.0 Å². The highest BCUT2D eigenvalue weighted by Gasteiger charge is 2.07. The van der Waals surface area contributed by atoms with Crippen molar-refractivity contribution in [2.45, 2.75) is 6.54 Å². The van der Waals surface area contributed by atoms with E-state index in [1.165, 1.54) is 4.88 Å². The minimum atomic E-state index is 0.0262. The van der Waals surface area contributed by atoms with Crippen LogP contribution in [0.5, 0.6) is 0 Å². The van der Waals surface area contributed by atoms with Gasteiger partial charge in [-0.15, -0.1) is 11.3 Å². The molecule has 118 valence electrons. The van der Waals surface area contributed by atoms with E-state index in [2.05, 4.69) is 31.7 Å². The van der Waals surface area contributed by atoms with Crippen LogP contribution in [-0.2, 0) is 6.54 Å². The number of anilines is 2. The van der Waals surface area contributed by atoms with Crippen molar-refractivity contribution in [3.8, 4) is 11.3 Å². The molecule has 6 nitrogen and oxygen atoms in total. The van der Waals surface area contributed by atoms with Gasteiger partial charge in [0, 0.05) is 35.4 Å². The maximum atomic E-state index is 8.97. The van der Waals surface area contributed by atoms with Crippen LogP contribution < -0.4 is 10.6 Å². The molecule has 0 spiro atoms. The summed E-state index contributed by atoms with van der Waals surface area (Å²) >= 11 is 1.70. The molecule has 3 aromatic heterocycles. The molecule has 0 amide bonds. The van der Waals surface area contributed by atoms with Crippen LogP contribution in [0.4, 0.5) is 11.8 Å². The van der Waals surface area contributed by atoms with Gasteiger partial charge in [-0.1, -0.05) is 6.07 Å². The molecule has 7 heteroatoms. The molecule has 3 rings (SSSR count). The SMILES string of the molecule is OCCNc1nc(NCc2cccs2)cc(-c2cccnc2)n1.